The monoisotopic (exact) mass is 302 g/mol. The second-order valence-electron chi connectivity index (χ2n) is 8.44. The number of aromatic nitrogens is 2. The fourth-order valence-electron chi connectivity index (χ4n) is 6.00. The summed E-state index contributed by atoms with van der Waals surface area (Å²) in [4.78, 5) is 28.0. The molecule has 4 nitrogen and oxygen atoms in total. The standard InChI is InChI=1S/C18H26N2O2/c1-10(2)15-14(16(21)20(3)17(22)19-15)18-7-11-4-12(8-18)6-13(5-11)9-18/h10-13H,4-9H2,1-3H3,(H,19,22). The van der Waals surface area contributed by atoms with Crippen LogP contribution in [0.2, 0.25) is 0 Å². The van der Waals surface area contributed by atoms with Gasteiger partial charge < -0.3 is 4.98 Å². The van der Waals surface area contributed by atoms with E-state index in [-0.39, 0.29) is 22.6 Å². The van der Waals surface area contributed by atoms with Crippen LogP contribution in [-0.2, 0) is 12.5 Å². The molecule has 0 aromatic carbocycles. The summed E-state index contributed by atoms with van der Waals surface area (Å²) in [5, 5.41) is 0. The Kier molecular flexibility index (Phi) is 2.98. The summed E-state index contributed by atoms with van der Waals surface area (Å²) < 4.78 is 1.28. The summed E-state index contributed by atoms with van der Waals surface area (Å²) >= 11 is 0. The lowest BCUT2D eigenvalue weighted by atomic mass is 9.48. The van der Waals surface area contributed by atoms with Crippen LogP contribution in [0, 0.1) is 17.8 Å². The molecule has 0 amide bonds. The lowest BCUT2D eigenvalue weighted by molar-refractivity contribution is -0.00679. The van der Waals surface area contributed by atoms with E-state index in [4.69, 9.17) is 0 Å². The van der Waals surface area contributed by atoms with E-state index in [9.17, 15) is 9.59 Å². The Morgan fingerprint density at radius 1 is 1.05 bits per heavy atom. The highest BCUT2D eigenvalue weighted by atomic mass is 16.2. The minimum atomic E-state index is -0.276. The largest absolute Gasteiger partial charge is 0.328 e. The molecule has 4 heteroatoms. The van der Waals surface area contributed by atoms with E-state index >= 15 is 0 Å². The van der Waals surface area contributed by atoms with Crippen molar-refractivity contribution in [3.8, 4) is 0 Å². The molecule has 120 valence electrons. The number of H-pyrrole nitrogens is 1. The highest BCUT2D eigenvalue weighted by Crippen LogP contribution is 2.60. The summed E-state index contributed by atoms with van der Waals surface area (Å²) in [5.41, 5.74) is 1.56. The van der Waals surface area contributed by atoms with Crippen LogP contribution < -0.4 is 11.2 Å². The van der Waals surface area contributed by atoms with E-state index < -0.39 is 0 Å². The first-order chi connectivity index (χ1) is 10.4. The first-order valence-corrected chi connectivity index (χ1v) is 8.73. The van der Waals surface area contributed by atoms with Crippen molar-refractivity contribution in [2.24, 2.45) is 24.8 Å². The minimum Gasteiger partial charge on any atom is -0.310 e. The van der Waals surface area contributed by atoms with E-state index in [1.807, 2.05) is 0 Å². The quantitative estimate of drug-likeness (QED) is 0.913. The maximum Gasteiger partial charge on any atom is 0.328 e. The van der Waals surface area contributed by atoms with Gasteiger partial charge in [-0.3, -0.25) is 9.36 Å². The molecule has 0 radical (unpaired) electrons. The summed E-state index contributed by atoms with van der Waals surface area (Å²) in [6, 6.07) is 0. The van der Waals surface area contributed by atoms with Gasteiger partial charge in [0.2, 0.25) is 0 Å². The van der Waals surface area contributed by atoms with Crippen LogP contribution in [0.15, 0.2) is 9.59 Å². The zero-order valence-electron chi connectivity index (χ0n) is 13.8. The fraction of sp³-hybridized carbons (Fsp3) is 0.778. The van der Waals surface area contributed by atoms with Gasteiger partial charge in [-0.15, -0.1) is 0 Å². The molecular formula is C18H26N2O2. The van der Waals surface area contributed by atoms with Crippen LogP contribution >= 0.6 is 0 Å². The topological polar surface area (TPSA) is 54.9 Å². The Balaban J connectivity index is 1.94. The van der Waals surface area contributed by atoms with E-state index in [1.54, 1.807) is 7.05 Å². The van der Waals surface area contributed by atoms with Gasteiger partial charge >= 0.3 is 5.69 Å². The number of hydrogen-bond donors (Lipinski definition) is 1. The Morgan fingerprint density at radius 3 is 2.00 bits per heavy atom. The minimum absolute atomic E-state index is 0.0351. The van der Waals surface area contributed by atoms with Gasteiger partial charge in [0.15, 0.2) is 0 Å². The van der Waals surface area contributed by atoms with E-state index in [2.05, 4.69) is 18.8 Å². The highest BCUT2D eigenvalue weighted by molar-refractivity contribution is 5.32. The first kappa shape index (κ1) is 14.3. The van der Waals surface area contributed by atoms with E-state index in [0.717, 1.165) is 48.3 Å². The molecular weight excluding hydrogens is 276 g/mol. The molecule has 4 bridgehead atoms. The fourth-order valence-corrected chi connectivity index (χ4v) is 6.00. The molecule has 22 heavy (non-hydrogen) atoms. The van der Waals surface area contributed by atoms with Crippen LogP contribution in [-0.4, -0.2) is 9.55 Å². The molecule has 1 aromatic heterocycles. The van der Waals surface area contributed by atoms with Gasteiger partial charge in [-0.05, 0) is 62.2 Å². The molecule has 0 unspecified atom stereocenters. The maximum atomic E-state index is 13.0. The molecule has 0 atom stereocenters. The van der Waals surface area contributed by atoms with Crippen LogP contribution in [0.4, 0.5) is 0 Å². The van der Waals surface area contributed by atoms with Gasteiger partial charge in [0, 0.05) is 23.7 Å². The van der Waals surface area contributed by atoms with Gasteiger partial charge in [0.05, 0.1) is 0 Å². The number of aromatic amines is 1. The van der Waals surface area contributed by atoms with Crippen molar-refractivity contribution in [1.82, 2.24) is 9.55 Å². The predicted octanol–water partition coefficient (Wildman–Crippen LogP) is 2.66. The molecule has 4 aliphatic rings. The van der Waals surface area contributed by atoms with Crippen molar-refractivity contribution in [1.29, 1.82) is 0 Å². The van der Waals surface area contributed by atoms with Crippen LogP contribution in [0.5, 0.6) is 0 Å². The lowest BCUT2D eigenvalue weighted by Crippen LogP contribution is -2.53. The smallest absolute Gasteiger partial charge is 0.310 e. The summed E-state index contributed by atoms with van der Waals surface area (Å²) in [5.74, 6) is 2.57. The van der Waals surface area contributed by atoms with Gasteiger partial charge in [-0.2, -0.15) is 0 Å². The predicted molar refractivity (Wildman–Crippen MR) is 86.2 cm³/mol. The summed E-state index contributed by atoms with van der Waals surface area (Å²) in [6.07, 6.45) is 7.54. The molecule has 1 heterocycles. The third kappa shape index (κ3) is 1.88. The average molecular weight is 302 g/mol. The Bertz CT molecular complexity index is 690. The second kappa shape index (κ2) is 4.59. The van der Waals surface area contributed by atoms with Gasteiger partial charge in [-0.25, -0.2) is 4.79 Å². The third-order valence-corrected chi connectivity index (χ3v) is 6.48. The molecule has 4 aliphatic carbocycles. The first-order valence-electron chi connectivity index (χ1n) is 8.73. The molecule has 1 N–H and O–H groups in total. The molecule has 0 spiro atoms. The van der Waals surface area contributed by atoms with Crippen molar-refractivity contribution < 1.29 is 0 Å². The lowest BCUT2D eigenvalue weighted by Gasteiger charge is -2.57. The number of nitrogens with one attached hydrogen (secondary N) is 1. The molecule has 4 fully saturated rings. The van der Waals surface area contributed by atoms with Crippen molar-refractivity contribution >= 4 is 0 Å². The SMILES string of the molecule is CC(C)c1[nH]c(=O)n(C)c(=O)c1C12CC3CC(CC(C3)C1)C2. The van der Waals surface area contributed by atoms with E-state index in [0.29, 0.717) is 0 Å². The second-order valence-corrected chi connectivity index (χ2v) is 8.44. The number of nitrogens with zero attached hydrogens (tertiary/aromatic N) is 1. The summed E-state index contributed by atoms with van der Waals surface area (Å²) in [7, 11) is 1.61. The average Bonchev–Trinajstić information content (AvgIpc) is 2.42. The van der Waals surface area contributed by atoms with Crippen LogP contribution in [0.25, 0.3) is 0 Å². The molecule has 5 rings (SSSR count). The molecule has 0 saturated heterocycles. The molecule has 4 saturated carbocycles. The third-order valence-electron chi connectivity index (χ3n) is 6.48. The Hall–Kier alpha value is -1.32. The van der Waals surface area contributed by atoms with Crippen molar-refractivity contribution in [2.75, 3.05) is 0 Å². The van der Waals surface area contributed by atoms with Crippen molar-refractivity contribution in [3.63, 3.8) is 0 Å². The highest BCUT2D eigenvalue weighted by Gasteiger charge is 2.53. The van der Waals surface area contributed by atoms with Crippen molar-refractivity contribution in [2.45, 2.75) is 63.7 Å². The normalized spacial score (nSPS) is 36.3. The van der Waals surface area contributed by atoms with Gasteiger partial charge in [-0.1, -0.05) is 13.8 Å². The zero-order chi connectivity index (χ0) is 15.6. The van der Waals surface area contributed by atoms with Crippen LogP contribution in [0.1, 0.15) is 69.5 Å². The van der Waals surface area contributed by atoms with Gasteiger partial charge in [0.25, 0.3) is 5.56 Å². The maximum absolute atomic E-state index is 13.0. The number of hydrogen-bond acceptors (Lipinski definition) is 2. The van der Waals surface area contributed by atoms with Gasteiger partial charge in [0.1, 0.15) is 0 Å². The number of rotatable bonds is 2. The van der Waals surface area contributed by atoms with Crippen LogP contribution in [0.3, 0.4) is 0 Å². The van der Waals surface area contributed by atoms with E-state index in [1.165, 1.54) is 23.8 Å². The Labute approximate surface area is 130 Å². The van der Waals surface area contributed by atoms with Crippen molar-refractivity contribution in [3.05, 3.63) is 32.1 Å². The molecule has 1 aromatic rings. The molecule has 0 aliphatic heterocycles. The Morgan fingerprint density at radius 2 is 1.55 bits per heavy atom. The zero-order valence-corrected chi connectivity index (χ0v) is 13.8. The summed E-state index contributed by atoms with van der Waals surface area (Å²) in [6.45, 7) is 4.16.